The molecule has 1 amide bonds. The predicted octanol–water partition coefficient (Wildman–Crippen LogP) is 3.70. The Morgan fingerprint density at radius 3 is 2.52 bits per heavy atom. The summed E-state index contributed by atoms with van der Waals surface area (Å²) in [7, 11) is 0. The van der Waals surface area contributed by atoms with Crippen LogP contribution in [-0.2, 0) is 0 Å². The van der Waals surface area contributed by atoms with Gasteiger partial charge in [0.25, 0.3) is 5.91 Å². The summed E-state index contributed by atoms with van der Waals surface area (Å²) in [5.41, 5.74) is 3.30. The number of benzene rings is 1. The molecule has 1 aromatic heterocycles. The predicted molar refractivity (Wildman–Crippen MR) is 91.8 cm³/mol. The van der Waals surface area contributed by atoms with Crippen LogP contribution in [0.2, 0.25) is 0 Å². The Bertz CT molecular complexity index is 688. The lowest BCUT2D eigenvalue weighted by Crippen LogP contribution is -2.18. The van der Waals surface area contributed by atoms with Crippen molar-refractivity contribution in [2.45, 2.75) is 45.6 Å². The number of nitrogens with zero attached hydrogens (tertiary/aromatic N) is 2. The number of hydrogen-bond acceptors (Lipinski definition) is 4. The van der Waals surface area contributed by atoms with E-state index < -0.39 is 0 Å². The second-order valence-electron chi connectivity index (χ2n) is 6.14. The van der Waals surface area contributed by atoms with E-state index in [2.05, 4.69) is 20.6 Å². The summed E-state index contributed by atoms with van der Waals surface area (Å²) in [5.74, 6) is 0.512. The minimum Gasteiger partial charge on any atom is -0.367 e. The zero-order valence-electron chi connectivity index (χ0n) is 13.6. The number of hydrogen-bond donors (Lipinski definition) is 2. The maximum Gasteiger partial charge on any atom is 0.274 e. The van der Waals surface area contributed by atoms with Crippen molar-refractivity contribution in [2.24, 2.45) is 0 Å². The first kappa shape index (κ1) is 15.5. The largest absolute Gasteiger partial charge is 0.367 e. The molecule has 0 saturated heterocycles. The smallest absolute Gasteiger partial charge is 0.274 e. The molecular formula is C18H22N4O. The lowest BCUT2D eigenvalue weighted by atomic mass is 10.1. The van der Waals surface area contributed by atoms with Gasteiger partial charge in [-0.15, -0.1) is 0 Å². The third-order valence-corrected chi connectivity index (χ3v) is 4.33. The second kappa shape index (κ2) is 6.77. The van der Waals surface area contributed by atoms with Crippen LogP contribution in [0.25, 0.3) is 0 Å². The number of nitrogens with one attached hydrogen (secondary N) is 2. The first-order valence-corrected chi connectivity index (χ1v) is 8.09. The minimum absolute atomic E-state index is 0.209. The highest BCUT2D eigenvalue weighted by molar-refractivity contribution is 6.04. The Morgan fingerprint density at radius 1 is 1.13 bits per heavy atom. The van der Waals surface area contributed by atoms with Crippen LogP contribution in [0, 0.1) is 13.8 Å². The summed E-state index contributed by atoms with van der Waals surface area (Å²) in [6, 6.07) is 8.13. The van der Waals surface area contributed by atoms with Gasteiger partial charge in [-0.05, 0) is 37.8 Å². The van der Waals surface area contributed by atoms with Crippen molar-refractivity contribution >= 4 is 17.4 Å². The molecular weight excluding hydrogens is 288 g/mol. The molecule has 1 heterocycles. The fourth-order valence-electron chi connectivity index (χ4n) is 3.03. The molecule has 5 heteroatoms. The molecule has 23 heavy (non-hydrogen) atoms. The van der Waals surface area contributed by atoms with Crippen LogP contribution in [0.1, 0.15) is 47.3 Å². The average Bonchev–Trinajstić information content (AvgIpc) is 3.04. The lowest BCUT2D eigenvalue weighted by molar-refractivity contribution is 0.102. The Balaban J connectivity index is 1.74. The van der Waals surface area contributed by atoms with E-state index in [0.717, 1.165) is 35.5 Å². The molecule has 1 aliphatic rings. The van der Waals surface area contributed by atoms with E-state index in [9.17, 15) is 4.79 Å². The minimum atomic E-state index is -0.209. The maximum absolute atomic E-state index is 12.5. The first-order chi connectivity index (χ1) is 11.1. The van der Waals surface area contributed by atoms with Crippen LogP contribution in [0.4, 0.5) is 11.5 Å². The van der Waals surface area contributed by atoms with E-state index in [1.165, 1.54) is 19.2 Å². The van der Waals surface area contributed by atoms with Gasteiger partial charge in [-0.2, -0.15) is 0 Å². The third-order valence-electron chi connectivity index (χ3n) is 4.33. The molecule has 2 aromatic rings. The number of carbonyl (C=O) groups is 1. The Hall–Kier alpha value is -2.43. The second-order valence-corrected chi connectivity index (χ2v) is 6.14. The number of carbonyl (C=O) groups excluding carboxylic acids is 1. The highest BCUT2D eigenvalue weighted by Gasteiger charge is 2.16. The Kier molecular flexibility index (Phi) is 4.55. The van der Waals surface area contributed by atoms with Crippen molar-refractivity contribution in [1.82, 2.24) is 9.97 Å². The van der Waals surface area contributed by atoms with Gasteiger partial charge in [0.1, 0.15) is 17.8 Å². The normalized spacial score (nSPS) is 14.7. The zero-order valence-corrected chi connectivity index (χ0v) is 13.6. The van der Waals surface area contributed by atoms with Crippen LogP contribution >= 0.6 is 0 Å². The average molecular weight is 310 g/mol. The molecule has 5 nitrogen and oxygen atoms in total. The van der Waals surface area contributed by atoms with Gasteiger partial charge in [0, 0.05) is 17.8 Å². The molecule has 3 rings (SSSR count). The monoisotopic (exact) mass is 310 g/mol. The Morgan fingerprint density at radius 2 is 1.83 bits per heavy atom. The topological polar surface area (TPSA) is 66.9 Å². The molecule has 120 valence electrons. The summed E-state index contributed by atoms with van der Waals surface area (Å²) in [5, 5.41) is 6.35. The molecule has 0 bridgehead atoms. The number of para-hydroxylation sites is 1. The quantitative estimate of drug-likeness (QED) is 0.903. The van der Waals surface area contributed by atoms with Gasteiger partial charge in [-0.3, -0.25) is 4.79 Å². The van der Waals surface area contributed by atoms with E-state index in [1.807, 2.05) is 32.0 Å². The van der Waals surface area contributed by atoms with E-state index in [0.29, 0.717) is 11.7 Å². The molecule has 0 atom stereocenters. The molecule has 1 aliphatic carbocycles. The number of amides is 1. The molecule has 0 radical (unpaired) electrons. The fourth-order valence-corrected chi connectivity index (χ4v) is 3.03. The number of aromatic nitrogens is 2. The fraction of sp³-hybridized carbons (Fsp3) is 0.389. The summed E-state index contributed by atoms with van der Waals surface area (Å²) in [6.07, 6.45) is 6.27. The Labute approximate surface area is 136 Å². The van der Waals surface area contributed by atoms with E-state index in [-0.39, 0.29) is 5.91 Å². The molecule has 2 N–H and O–H groups in total. The van der Waals surface area contributed by atoms with E-state index >= 15 is 0 Å². The molecule has 1 saturated carbocycles. The summed E-state index contributed by atoms with van der Waals surface area (Å²) in [6.45, 7) is 3.96. The summed E-state index contributed by atoms with van der Waals surface area (Å²) in [4.78, 5) is 20.8. The molecule has 1 fully saturated rings. The van der Waals surface area contributed by atoms with Gasteiger partial charge < -0.3 is 10.6 Å². The van der Waals surface area contributed by atoms with Gasteiger partial charge >= 0.3 is 0 Å². The highest BCUT2D eigenvalue weighted by atomic mass is 16.1. The van der Waals surface area contributed by atoms with E-state index in [4.69, 9.17) is 0 Å². The van der Waals surface area contributed by atoms with E-state index in [1.54, 1.807) is 6.07 Å². The standard InChI is InChI=1S/C18H22N4O/c1-12-6-5-7-13(2)17(12)22-18(23)15-10-16(20-11-19-15)21-14-8-3-4-9-14/h5-7,10-11,14H,3-4,8-9H2,1-2H3,(H,22,23)(H,19,20,21). The molecule has 0 unspecified atom stereocenters. The SMILES string of the molecule is Cc1cccc(C)c1NC(=O)c1cc(NC2CCCC2)ncn1. The number of aryl methyl sites for hydroxylation is 2. The van der Waals surface area contributed by atoms with Crippen LogP contribution in [0.5, 0.6) is 0 Å². The molecule has 0 aliphatic heterocycles. The van der Waals surface area contributed by atoms with Crippen LogP contribution in [0.15, 0.2) is 30.6 Å². The number of anilines is 2. The van der Waals surface area contributed by atoms with Crippen molar-refractivity contribution in [1.29, 1.82) is 0 Å². The highest BCUT2D eigenvalue weighted by Crippen LogP contribution is 2.22. The molecule has 1 aromatic carbocycles. The zero-order chi connectivity index (χ0) is 16.2. The van der Waals surface area contributed by atoms with Crippen molar-refractivity contribution in [3.8, 4) is 0 Å². The van der Waals surface area contributed by atoms with Crippen LogP contribution in [0.3, 0.4) is 0 Å². The number of rotatable bonds is 4. The van der Waals surface area contributed by atoms with Gasteiger partial charge in [0.2, 0.25) is 0 Å². The summed E-state index contributed by atoms with van der Waals surface area (Å²) >= 11 is 0. The van der Waals surface area contributed by atoms with Crippen LogP contribution in [-0.4, -0.2) is 21.9 Å². The lowest BCUT2D eigenvalue weighted by Gasteiger charge is -2.14. The molecule has 0 spiro atoms. The van der Waals surface area contributed by atoms with Crippen molar-refractivity contribution in [3.05, 3.63) is 47.4 Å². The van der Waals surface area contributed by atoms with Gasteiger partial charge in [-0.25, -0.2) is 9.97 Å². The van der Waals surface area contributed by atoms with Crippen molar-refractivity contribution in [2.75, 3.05) is 10.6 Å². The summed E-state index contributed by atoms with van der Waals surface area (Å²) < 4.78 is 0. The third kappa shape index (κ3) is 3.67. The maximum atomic E-state index is 12.5. The van der Waals surface area contributed by atoms with Gasteiger partial charge in [0.15, 0.2) is 0 Å². The van der Waals surface area contributed by atoms with Gasteiger partial charge in [-0.1, -0.05) is 31.0 Å². The van der Waals surface area contributed by atoms with Crippen LogP contribution < -0.4 is 10.6 Å². The van der Waals surface area contributed by atoms with Crippen molar-refractivity contribution in [3.63, 3.8) is 0 Å². The van der Waals surface area contributed by atoms with Gasteiger partial charge in [0.05, 0.1) is 0 Å². The van der Waals surface area contributed by atoms with Crippen molar-refractivity contribution < 1.29 is 4.79 Å². The first-order valence-electron chi connectivity index (χ1n) is 8.09.